The molecule has 0 fully saturated rings. The molecule has 1 amide bonds. The smallest absolute Gasteiger partial charge is 0.344 e. The van der Waals surface area contributed by atoms with E-state index in [0.29, 0.717) is 30.3 Å². The zero-order valence-corrected chi connectivity index (χ0v) is 31.1. The van der Waals surface area contributed by atoms with Gasteiger partial charge in [0.15, 0.2) is 18.2 Å². The van der Waals surface area contributed by atoms with Crippen molar-refractivity contribution in [2.24, 2.45) is 9.98 Å². The molecule has 4 heterocycles. The van der Waals surface area contributed by atoms with Crippen LogP contribution in [0.25, 0.3) is 22.1 Å². The maximum atomic E-state index is 12.5. The Kier molecular flexibility index (Phi) is 13.7. The average Bonchev–Trinajstić information content (AvgIpc) is 3.80. The van der Waals surface area contributed by atoms with Crippen LogP contribution in [-0.4, -0.2) is 104 Å². The average molecular weight is 830 g/mol. The van der Waals surface area contributed by atoms with Gasteiger partial charge in [0.2, 0.25) is 5.96 Å². The first-order chi connectivity index (χ1) is 24.3. The number of ether oxygens (including phenoxy) is 2. The van der Waals surface area contributed by atoms with E-state index in [9.17, 15) is 19.2 Å². The predicted octanol–water partition coefficient (Wildman–Crippen LogP) is 3.74. The SMILES string of the molecule is Brc1c(NC2=NCCN2)ccc2nccnc12.CC(=O)O[C@@H](C)C(=O)N1CCN=C1Nc1ccc2nccnc2c1Br.CC(=O)O[C@@H](C)C(=O)O. The lowest BCUT2D eigenvalue weighted by Crippen LogP contribution is -2.44. The molecule has 4 N–H and O–H groups in total. The Morgan fingerprint density at radius 2 is 1.31 bits per heavy atom. The Hall–Kier alpha value is -5.30. The number of fused-ring (bicyclic) bond motifs is 2. The molecule has 0 spiro atoms. The summed E-state index contributed by atoms with van der Waals surface area (Å²) >= 11 is 7.06. The molecule has 19 heteroatoms. The van der Waals surface area contributed by atoms with Crippen LogP contribution in [0.15, 0.2) is 68.0 Å². The minimum Gasteiger partial charge on any atom is -0.479 e. The van der Waals surface area contributed by atoms with Crippen molar-refractivity contribution in [1.82, 2.24) is 30.2 Å². The zero-order chi connectivity index (χ0) is 37.1. The number of aliphatic carboxylic acids is 1. The third-order valence-electron chi connectivity index (χ3n) is 6.82. The van der Waals surface area contributed by atoms with Crippen LogP contribution >= 0.6 is 31.9 Å². The van der Waals surface area contributed by atoms with E-state index in [4.69, 9.17) is 9.84 Å². The van der Waals surface area contributed by atoms with Crippen LogP contribution in [0.5, 0.6) is 0 Å². The monoisotopic (exact) mass is 828 g/mol. The molecule has 51 heavy (non-hydrogen) atoms. The highest BCUT2D eigenvalue weighted by molar-refractivity contribution is 9.11. The molecular weight excluding hydrogens is 796 g/mol. The maximum absolute atomic E-state index is 12.5. The molecule has 0 unspecified atom stereocenters. The zero-order valence-electron chi connectivity index (χ0n) is 27.9. The lowest BCUT2D eigenvalue weighted by Gasteiger charge is -2.23. The maximum Gasteiger partial charge on any atom is 0.344 e. The van der Waals surface area contributed by atoms with Gasteiger partial charge in [0.25, 0.3) is 5.91 Å². The molecule has 268 valence electrons. The van der Waals surface area contributed by atoms with Gasteiger partial charge in [-0.05, 0) is 70.0 Å². The van der Waals surface area contributed by atoms with Gasteiger partial charge in [-0.25, -0.2) is 4.79 Å². The lowest BCUT2D eigenvalue weighted by molar-refractivity contribution is -0.161. The van der Waals surface area contributed by atoms with Gasteiger partial charge >= 0.3 is 17.9 Å². The number of aliphatic imine (C=N–C) groups is 2. The number of rotatable bonds is 6. The van der Waals surface area contributed by atoms with Crippen molar-refractivity contribution in [3.8, 4) is 0 Å². The van der Waals surface area contributed by atoms with E-state index in [-0.39, 0.29) is 5.91 Å². The number of hydrogen-bond donors (Lipinski definition) is 4. The first kappa shape index (κ1) is 38.5. The van der Waals surface area contributed by atoms with Crippen molar-refractivity contribution in [3.05, 3.63) is 58.0 Å². The van der Waals surface area contributed by atoms with Gasteiger partial charge in [0.05, 0.1) is 44.4 Å². The fourth-order valence-electron chi connectivity index (χ4n) is 4.52. The molecule has 17 nitrogen and oxygen atoms in total. The molecule has 2 atom stereocenters. The summed E-state index contributed by atoms with van der Waals surface area (Å²) < 4.78 is 10.9. The molecule has 2 aromatic carbocycles. The summed E-state index contributed by atoms with van der Waals surface area (Å²) in [7, 11) is 0. The van der Waals surface area contributed by atoms with Crippen molar-refractivity contribution in [2.75, 3.05) is 36.8 Å². The Morgan fingerprint density at radius 3 is 1.80 bits per heavy atom. The second-order valence-corrected chi connectivity index (χ2v) is 12.2. The number of guanidine groups is 2. The number of hydrogen-bond acceptors (Lipinski definition) is 15. The summed E-state index contributed by atoms with van der Waals surface area (Å²) in [6.07, 6.45) is 4.70. The Bertz CT molecular complexity index is 2000. The fourth-order valence-corrected chi connectivity index (χ4v) is 5.59. The van der Waals surface area contributed by atoms with E-state index < -0.39 is 30.1 Å². The van der Waals surface area contributed by atoms with Crippen LogP contribution in [0.4, 0.5) is 11.4 Å². The first-order valence-electron chi connectivity index (χ1n) is 15.4. The molecule has 0 bridgehead atoms. The van der Waals surface area contributed by atoms with Gasteiger partial charge in [-0.3, -0.25) is 49.2 Å². The van der Waals surface area contributed by atoms with Crippen molar-refractivity contribution < 1.29 is 33.8 Å². The van der Waals surface area contributed by atoms with E-state index in [1.807, 2.05) is 24.3 Å². The van der Waals surface area contributed by atoms with Crippen LogP contribution in [0.2, 0.25) is 0 Å². The minimum absolute atomic E-state index is 0.323. The second kappa shape index (κ2) is 18.1. The quantitative estimate of drug-likeness (QED) is 0.204. The van der Waals surface area contributed by atoms with Gasteiger partial charge in [-0.1, -0.05) is 0 Å². The summed E-state index contributed by atoms with van der Waals surface area (Å²) in [6, 6.07) is 7.56. The van der Waals surface area contributed by atoms with Gasteiger partial charge in [-0.2, -0.15) is 0 Å². The molecule has 2 aromatic heterocycles. The van der Waals surface area contributed by atoms with Crippen LogP contribution in [-0.2, 0) is 28.7 Å². The Labute approximate surface area is 308 Å². The van der Waals surface area contributed by atoms with Gasteiger partial charge < -0.3 is 30.5 Å². The van der Waals surface area contributed by atoms with Crippen LogP contribution in [0.1, 0.15) is 27.7 Å². The number of benzene rings is 2. The summed E-state index contributed by atoms with van der Waals surface area (Å²) in [5, 5.41) is 17.7. The number of nitrogens with one attached hydrogen (secondary N) is 3. The summed E-state index contributed by atoms with van der Waals surface area (Å²) in [5.74, 6) is -1.32. The molecule has 0 saturated carbocycles. The summed E-state index contributed by atoms with van der Waals surface area (Å²) in [4.78, 5) is 70.8. The highest BCUT2D eigenvalue weighted by Crippen LogP contribution is 2.30. The van der Waals surface area contributed by atoms with Crippen LogP contribution < -0.4 is 16.0 Å². The van der Waals surface area contributed by atoms with Crippen LogP contribution in [0.3, 0.4) is 0 Å². The van der Waals surface area contributed by atoms with Crippen molar-refractivity contribution >= 4 is 101 Å². The van der Waals surface area contributed by atoms with Gasteiger partial charge in [-0.15, -0.1) is 0 Å². The molecular formula is C32H34Br2N10O7. The molecule has 2 aliphatic rings. The van der Waals surface area contributed by atoms with Crippen LogP contribution in [0, 0.1) is 0 Å². The molecule has 0 radical (unpaired) electrons. The number of nitrogens with zero attached hydrogens (tertiary/aromatic N) is 7. The Balaban J connectivity index is 0.000000193. The number of esters is 2. The standard InChI is InChI=1S/C16H16BrN5O3.C11H10BrN5.C5H8O4/c1-9(25-10(2)23)15(24)22-8-7-20-16(22)21-11-3-4-12-14(13(11)17)19-6-5-18-12;12-9-7(17-11-15-5-6-16-11)1-2-8-10(9)14-4-3-13-8;1-3(5(7)8)9-4(2)6/h3-6,9H,7-8H2,1-2H3,(H,20,21);1-4H,5-6H2,(H2,15,16,17);3H,1-2H3,(H,7,8)/t9-;;3-/m0.0/s1. The molecule has 0 saturated heterocycles. The normalized spacial score (nSPS) is 14.4. The third-order valence-corrected chi connectivity index (χ3v) is 8.42. The first-order valence-corrected chi connectivity index (χ1v) is 17.0. The Morgan fingerprint density at radius 1 is 0.784 bits per heavy atom. The lowest BCUT2D eigenvalue weighted by atomic mass is 10.2. The van der Waals surface area contributed by atoms with E-state index in [1.54, 1.807) is 31.7 Å². The molecule has 2 aliphatic heterocycles. The number of halogens is 2. The van der Waals surface area contributed by atoms with E-state index in [0.717, 1.165) is 50.2 Å². The molecule has 6 rings (SSSR count). The largest absolute Gasteiger partial charge is 0.479 e. The number of anilines is 2. The number of carboxylic acid groups (broad SMARTS) is 1. The van der Waals surface area contributed by atoms with E-state index in [2.05, 4.69) is 82.5 Å². The summed E-state index contributed by atoms with van der Waals surface area (Å²) in [6.45, 7) is 7.88. The van der Waals surface area contributed by atoms with E-state index >= 15 is 0 Å². The number of carboxylic acids is 1. The topological polar surface area (TPSA) is 223 Å². The third kappa shape index (κ3) is 10.6. The minimum atomic E-state index is -1.13. The number of aromatic nitrogens is 4. The second-order valence-electron chi connectivity index (χ2n) is 10.6. The van der Waals surface area contributed by atoms with Crippen molar-refractivity contribution in [3.63, 3.8) is 0 Å². The number of amides is 1. The molecule has 4 aromatic rings. The van der Waals surface area contributed by atoms with E-state index in [1.165, 1.54) is 25.7 Å². The highest BCUT2D eigenvalue weighted by atomic mass is 79.9. The van der Waals surface area contributed by atoms with Gasteiger partial charge in [0, 0.05) is 51.7 Å². The van der Waals surface area contributed by atoms with Crippen molar-refractivity contribution in [2.45, 2.75) is 39.9 Å². The van der Waals surface area contributed by atoms with Crippen molar-refractivity contribution in [1.29, 1.82) is 0 Å². The fraction of sp³-hybridized carbons (Fsp3) is 0.312. The number of carbonyl (C=O) groups excluding carboxylic acids is 3. The summed E-state index contributed by atoms with van der Waals surface area (Å²) in [5.41, 5.74) is 4.82. The van der Waals surface area contributed by atoms with Gasteiger partial charge in [0.1, 0.15) is 11.0 Å². The highest BCUT2D eigenvalue weighted by Gasteiger charge is 2.30. The number of carbonyl (C=O) groups is 4. The molecule has 0 aliphatic carbocycles. The predicted molar refractivity (Wildman–Crippen MR) is 196 cm³/mol.